The molecule has 0 aliphatic carbocycles. The quantitative estimate of drug-likeness (QED) is 0.689. The van der Waals surface area contributed by atoms with Crippen LogP contribution in [0.15, 0.2) is 28.8 Å². The topological polar surface area (TPSA) is 78.1 Å². The van der Waals surface area contributed by atoms with Gasteiger partial charge in [-0.1, -0.05) is 30.3 Å². The van der Waals surface area contributed by atoms with Gasteiger partial charge in [0.2, 0.25) is 0 Å². The van der Waals surface area contributed by atoms with Gasteiger partial charge in [-0.2, -0.15) is 4.98 Å². The predicted octanol–water partition coefficient (Wildman–Crippen LogP) is 3.15. The maximum Gasteiger partial charge on any atom is 0.339 e. The van der Waals surface area contributed by atoms with Crippen LogP contribution in [0.4, 0.5) is 0 Å². The SMILES string of the molecule is CCc1nc2ccccc2c(C(=O)OCc2nc(C)no2)c1C. The van der Waals surface area contributed by atoms with Crippen molar-refractivity contribution in [1.82, 2.24) is 15.1 Å². The van der Waals surface area contributed by atoms with Crippen molar-refractivity contribution in [2.45, 2.75) is 33.8 Å². The van der Waals surface area contributed by atoms with Crippen LogP contribution in [-0.4, -0.2) is 21.1 Å². The van der Waals surface area contributed by atoms with E-state index >= 15 is 0 Å². The molecule has 6 nitrogen and oxygen atoms in total. The second kappa shape index (κ2) is 6.16. The number of fused-ring (bicyclic) bond motifs is 1. The molecule has 118 valence electrons. The van der Waals surface area contributed by atoms with Crippen molar-refractivity contribution in [2.75, 3.05) is 0 Å². The van der Waals surface area contributed by atoms with Crippen LogP contribution in [0.3, 0.4) is 0 Å². The van der Waals surface area contributed by atoms with Gasteiger partial charge in [0.25, 0.3) is 5.89 Å². The molecule has 2 aromatic heterocycles. The highest BCUT2D eigenvalue weighted by Crippen LogP contribution is 2.24. The Kier molecular flexibility index (Phi) is 4.06. The molecule has 0 amide bonds. The van der Waals surface area contributed by atoms with Crippen molar-refractivity contribution < 1.29 is 14.1 Å². The molecule has 2 heterocycles. The van der Waals surface area contributed by atoms with Crippen molar-refractivity contribution in [3.05, 3.63) is 52.8 Å². The van der Waals surface area contributed by atoms with E-state index in [4.69, 9.17) is 9.26 Å². The largest absolute Gasteiger partial charge is 0.452 e. The Morgan fingerprint density at radius 3 is 2.70 bits per heavy atom. The third-order valence-corrected chi connectivity index (χ3v) is 3.67. The molecular weight excluding hydrogens is 294 g/mol. The Morgan fingerprint density at radius 1 is 1.22 bits per heavy atom. The monoisotopic (exact) mass is 311 g/mol. The van der Waals surface area contributed by atoms with E-state index in [1.807, 2.05) is 38.1 Å². The zero-order valence-electron chi connectivity index (χ0n) is 13.3. The fraction of sp³-hybridized carbons (Fsp3) is 0.294. The third-order valence-electron chi connectivity index (χ3n) is 3.67. The molecule has 3 rings (SSSR count). The number of ether oxygens (including phenoxy) is 1. The summed E-state index contributed by atoms with van der Waals surface area (Å²) in [6.07, 6.45) is 0.750. The molecule has 0 N–H and O–H groups in total. The van der Waals surface area contributed by atoms with Gasteiger partial charge in [0.1, 0.15) is 0 Å². The maximum atomic E-state index is 12.6. The number of nitrogens with zero attached hydrogens (tertiary/aromatic N) is 3. The number of carbonyl (C=O) groups is 1. The van der Waals surface area contributed by atoms with Crippen LogP contribution < -0.4 is 0 Å². The van der Waals surface area contributed by atoms with Gasteiger partial charge < -0.3 is 9.26 Å². The highest BCUT2D eigenvalue weighted by atomic mass is 16.6. The Labute approximate surface area is 133 Å². The standard InChI is InChI=1S/C17H17N3O3/c1-4-13-10(2)16(12-7-5-6-8-14(12)19-13)17(21)22-9-15-18-11(3)20-23-15/h5-8H,4,9H2,1-3H3. The van der Waals surface area contributed by atoms with Gasteiger partial charge in [-0.15, -0.1) is 0 Å². The molecular formula is C17H17N3O3. The first-order valence-electron chi connectivity index (χ1n) is 7.44. The van der Waals surface area contributed by atoms with E-state index < -0.39 is 5.97 Å². The first kappa shape index (κ1) is 15.1. The van der Waals surface area contributed by atoms with E-state index in [2.05, 4.69) is 15.1 Å². The zero-order valence-corrected chi connectivity index (χ0v) is 13.3. The van der Waals surface area contributed by atoms with Gasteiger partial charge in [0, 0.05) is 11.1 Å². The lowest BCUT2D eigenvalue weighted by Gasteiger charge is -2.12. The van der Waals surface area contributed by atoms with Crippen LogP contribution in [0, 0.1) is 13.8 Å². The van der Waals surface area contributed by atoms with Crippen LogP contribution in [0.25, 0.3) is 10.9 Å². The average molecular weight is 311 g/mol. The van der Waals surface area contributed by atoms with Crippen LogP contribution in [0.2, 0.25) is 0 Å². The molecule has 1 aromatic carbocycles. The lowest BCUT2D eigenvalue weighted by Crippen LogP contribution is -2.11. The number of hydrogen-bond donors (Lipinski definition) is 0. The molecule has 0 unspecified atom stereocenters. The highest BCUT2D eigenvalue weighted by molar-refractivity contribution is 6.04. The molecule has 0 aliphatic heterocycles. The number of benzene rings is 1. The number of pyridine rings is 1. The van der Waals surface area contributed by atoms with Crippen LogP contribution in [-0.2, 0) is 17.8 Å². The van der Waals surface area contributed by atoms with Crippen LogP contribution >= 0.6 is 0 Å². The fourth-order valence-corrected chi connectivity index (χ4v) is 2.56. The number of carbonyl (C=O) groups excluding carboxylic acids is 1. The van der Waals surface area contributed by atoms with E-state index in [1.54, 1.807) is 6.92 Å². The summed E-state index contributed by atoms with van der Waals surface area (Å²) in [5, 5.41) is 4.46. The normalized spacial score (nSPS) is 10.9. The summed E-state index contributed by atoms with van der Waals surface area (Å²) in [4.78, 5) is 21.2. The van der Waals surface area contributed by atoms with Gasteiger partial charge in [-0.05, 0) is 31.9 Å². The number of aromatic nitrogens is 3. The van der Waals surface area contributed by atoms with Crippen LogP contribution in [0.1, 0.15) is 40.3 Å². The van der Waals surface area contributed by atoms with E-state index in [9.17, 15) is 4.79 Å². The minimum absolute atomic E-state index is 0.0444. The van der Waals surface area contributed by atoms with E-state index in [1.165, 1.54) is 0 Å². The molecule has 23 heavy (non-hydrogen) atoms. The van der Waals surface area contributed by atoms with Crippen molar-refractivity contribution in [3.8, 4) is 0 Å². The Morgan fingerprint density at radius 2 is 2.00 bits per heavy atom. The van der Waals surface area contributed by atoms with Crippen molar-refractivity contribution in [3.63, 3.8) is 0 Å². The Bertz CT molecular complexity index is 871. The van der Waals surface area contributed by atoms with Crippen molar-refractivity contribution in [2.24, 2.45) is 0 Å². The maximum absolute atomic E-state index is 12.6. The van der Waals surface area contributed by atoms with Gasteiger partial charge in [-0.25, -0.2) is 4.79 Å². The first-order valence-corrected chi connectivity index (χ1v) is 7.44. The van der Waals surface area contributed by atoms with Gasteiger partial charge >= 0.3 is 5.97 Å². The molecule has 0 spiro atoms. The number of para-hydroxylation sites is 1. The summed E-state index contributed by atoms with van der Waals surface area (Å²) in [7, 11) is 0. The summed E-state index contributed by atoms with van der Waals surface area (Å²) < 4.78 is 10.3. The lowest BCUT2D eigenvalue weighted by atomic mass is 10.0. The van der Waals surface area contributed by atoms with Crippen LogP contribution in [0.5, 0.6) is 0 Å². The van der Waals surface area contributed by atoms with E-state index in [0.29, 0.717) is 11.4 Å². The molecule has 0 radical (unpaired) electrons. The van der Waals surface area contributed by atoms with Crippen molar-refractivity contribution >= 4 is 16.9 Å². The number of aryl methyl sites for hydroxylation is 2. The Balaban J connectivity index is 1.97. The summed E-state index contributed by atoms with van der Waals surface area (Å²) in [5.74, 6) is 0.379. The average Bonchev–Trinajstić information content (AvgIpc) is 2.97. The minimum Gasteiger partial charge on any atom is -0.452 e. The summed E-state index contributed by atoms with van der Waals surface area (Å²) in [6, 6.07) is 7.56. The molecule has 0 saturated carbocycles. The fourth-order valence-electron chi connectivity index (χ4n) is 2.56. The minimum atomic E-state index is -0.411. The predicted molar refractivity (Wildman–Crippen MR) is 84.0 cm³/mol. The van der Waals surface area contributed by atoms with Gasteiger partial charge in [0.15, 0.2) is 12.4 Å². The first-order chi connectivity index (χ1) is 11.1. The van der Waals surface area contributed by atoms with Gasteiger partial charge in [-0.3, -0.25) is 4.98 Å². The molecule has 3 aromatic rings. The van der Waals surface area contributed by atoms with Crippen molar-refractivity contribution in [1.29, 1.82) is 0 Å². The molecule has 0 bridgehead atoms. The molecule has 0 fully saturated rings. The van der Waals surface area contributed by atoms with Gasteiger partial charge in [0.05, 0.1) is 11.1 Å². The molecule has 0 aliphatic rings. The smallest absolute Gasteiger partial charge is 0.339 e. The number of rotatable bonds is 4. The van der Waals surface area contributed by atoms with E-state index in [0.717, 1.165) is 28.6 Å². The summed E-state index contributed by atoms with van der Waals surface area (Å²) in [5.41, 5.74) is 3.07. The lowest BCUT2D eigenvalue weighted by molar-refractivity contribution is 0.0431. The number of hydrogen-bond acceptors (Lipinski definition) is 6. The second-order valence-electron chi connectivity index (χ2n) is 5.24. The second-order valence-corrected chi connectivity index (χ2v) is 5.24. The summed E-state index contributed by atoms with van der Waals surface area (Å²) >= 11 is 0. The Hall–Kier alpha value is -2.76. The molecule has 6 heteroatoms. The molecule has 0 saturated heterocycles. The number of esters is 1. The zero-order chi connectivity index (χ0) is 16.4. The summed E-state index contributed by atoms with van der Waals surface area (Å²) in [6.45, 7) is 5.58. The van der Waals surface area contributed by atoms with E-state index in [-0.39, 0.29) is 12.5 Å². The molecule has 0 atom stereocenters. The highest BCUT2D eigenvalue weighted by Gasteiger charge is 2.19. The third kappa shape index (κ3) is 2.92.